The topological polar surface area (TPSA) is 75.5 Å². The highest BCUT2D eigenvalue weighted by molar-refractivity contribution is 7.20. The maximum Gasteiger partial charge on any atom is 0.346 e. The SMILES string of the molecule is Cc1c(C(=O)O)sc2ncnc(N3CCOCC3C)c12. The minimum Gasteiger partial charge on any atom is -0.477 e. The van der Waals surface area contributed by atoms with Crippen molar-refractivity contribution in [1.29, 1.82) is 0 Å². The first-order chi connectivity index (χ1) is 9.59. The molecule has 0 amide bonds. The molecule has 7 heteroatoms. The molecule has 20 heavy (non-hydrogen) atoms. The zero-order chi connectivity index (χ0) is 14.3. The second-order valence-corrected chi connectivity index (χ2v) is 5.86. The number of anilines is 1. The van der Waals surface area contributed by atoms with Gasteiger partial charge in [-0.2, -0.15) is 0 Å². The van der Waals surface area contributed by atoms with Crippen LogP contribution in [0.5, 0.6) is 0 Å². The molecule has 3 rings (SSSR count). The molecule has 1 atom stereocenters. The number of hydrogen-bond acceptors (Lipinski definition) is 6. The summed E-state index contributed by atoms with van der Waals surface area (Å²) in [5, 5.41) is 10.1. The first kappa shape index (κ1) is 13.3. The van der Waals surface area contributed by atoms with Crippen molar-refractivity contribution in [1.82, 2.24) is 9.97 Å². The molecule has 3 heterocycles. The number of carboxylic acid groups (broad SMARTS) is 1. The Bertz CT molecular complexity index is 670. The third-order valence-corrected chi connectivity index (χ3v) is 4.73. The quantitative estimate of drug-likeness (QED) is 0.911. The Morgan fingerprint density at radius 1 is 1.55 bits per heavy atom. The molecule has 2 aromatic rings. The molecule has 1 aliphatic rings. The van der Waals surface area contributed by atoms with E-state index in [2.05, 4.69) is 21.8 Å². The first-order valence-corrected chi connectivity index (χ1v) is 7.23. The van der Waals surface area contributed by atoms with Crippen LogP contribution in [0.3, 0.4) is 0 Å². The van der Waals surface area contributed by atoms with Crippen molar-refractivity contribution in [3.63, 3.8) is 0 Å². The van der Waals surface area contributed by atoms with Gasteiger partial charge in [-0.15, -0.1) is 11.3 Å². The number of rotatable bonds is 2. The lowest BCUT2D eigenvalue weighted by molar-refractivity contribution is 0.0701. The fourth-order valence-electron chi connectivity index (χ4n) is 2.52. The predicted molar refractivity (Wildman–Crippen MR) is 76.7 cm³/mol. The van der Waals surface area contributed by atoms with Gasteiger partial charge in [0.25, 0.3) is 0 Å². The Morgan fingerprint density at radius 3 is 3.05 bits per heavy atom. The molecule has 0 radical (unpaired) electrons. The Morgan fingerprint density at radius 2 is 2.35 bits per heavy atom. The van der Waals surface area contributed by atoms with E-state index < -0.39 is 5.97 Å². The maximum atomic E-state index is 11.3. The van der Waals surface area contributed by atoms with E-state index in [-0.39, 0.29) is 6.04 Å². The highest BCUT2D eigenvalue weighted by Crippen LogP contribution is 2.35. The number of fused-ring (bicyclic) bond motifs is 1. The third-order valence-electron chi connectivity index (χ3n) is 3.54. The van der Waals surface area contributed by atoms with Gasteiger partial charge in [0.05, 0.1) is 24.6 Å². The van der Waals surface area contributed by atoms with Crippen molar-refractivity contribution < 1.29 is 14.6 Å². The average molecular weight is 293 g/mol. The molecule has 0 bridgehead atoms. The van der Waals surface area contributed by atoms with E-state index >= 15 is 0 Å². The standard InChI is InChI=1S/C13H15N3O3S/c1-7-5-19-4-3-16(7)11-9-8(2)10(13(17)18)20-12(9)15-6-14-11/h6-7H,3-5H2,1-2H3,(H,17,18). The minimum atomic E-state index is -0.911. The van der Waals surface area contributed by atoms with Crippen molar-refractivity contribution in [2.75, 3.05) is 24.7 Å². The summed E-state index contributed by atoms with van der Waals surface area (Å²) in [4.78, 5) is 23.1. The van der Waals surface area contributed by atoms with Crippen molar-refractivity contribution in [3.05, 3.63) is 16.8 Å². The van der Waals surface area contributed by atoms with Crippen molar-refractivity contribution in [2.45, 2.75) is 19.9 Å². The van der Waals surface area contributed by atoms with Crippen LogP contribution < -0.4 is 4.90 Å². The smallest absolute Gasteiger partial charge is 0.346 e. The largest absolute Gasteiger partial charge is 0.477 e. The summed E-state index contributed by atoms with van der Waals surface area (Å²) in [6.45, 7) is 5.96. The van der Waals surface area contributed by atoms with Crippen LogP contribution in [0.1, 0.15) is 22.2 Å². The summed E-state index contributed by atoms with van der Waals surface area (Å²) in [6.07, 6.45) is 1.50. The highest BCUT2D eigenvalue weighted by atomic mass is 32.1. The van der Waals surface area contributed by atoms with Gasteiger partial charge in [-0.25, -0.2) is 14.8 Å². The summed E-state index contributed by atoms with van der Waals surface area (Å²) in [7, 11) is 0. The lowest BCUT2D eigenvalue weighted by Gasteiger charge is -2.34. The second kappa shape index (κ2) is 4.99. The zero-order valence-corrected chi connectivity index (χ0v) is 12.1. The first-order valence-electron chi connectivity index (χ1n) is 6.41. The molecule has 1 saturated heterocycles. The number of aromatic carboxylic acids is 1. The van der Waals surface area contributed by atoms with Gasteiger partial charge in [0.15, 0.2) is 0 Å². The van der Waals surface area contributed by atoms with Crippen LogP contribution in [0.25, 0.3) is 10.2 Å². The zero-order valence-electron chi connectivity index (χ0n) is 11.3. The molecular weight excluding hydrogens is 278 g/mol. The number of thiophene rings is 1. The molecule has 2 aromatic heterocycles. The van der Waals surface area contributed by atoms with Gasteiger partial charge in [-0.1, -0.05) is 0 Å². The van der Waals surface area contributed by atoms with E-state index in [0.29, 0.717) is 18.1 Å². The Hall–Kier alpha value is -1.73. The maximum absolute atomic E-state index is 11.3. The summed E-state index contributed by atoms with van der Waals surface area (Å²) >= 11 is 1.20. The third kappa shape index (κ3) is 2.03. The number of hydrogen-bond donors (Lipinski definition) is 1. The van der Waals surface area contributed by atoms with Gasteiger partial charge in [0.2, 0.25) is 0 Å². The second-order valence-electron chi connectivity index (χ2n) is 4.86. The average Bonchev–Trinajstić information content (AvgIpc) is 2.77. The molecule has 1 fully saturated rings. The van der Waals surface area contributed by atoms with Gasteiger partial charge in [0, 0.05) is 6.54 Å². The lowest BCUT2D eigenvalue weighted by Crippen LogP contribution is -2.44. The molecule has 0 spiro atoms. The van der Waals surface area contributed by atoms with Gasteiger partial charge in [0.1, 0.15) is 21.9 Å². The van der Waals surface area contributed by atoms with Crippen LogP contribution in [0, 0.1) is 6.92 Å². The number of carbonyl (C=O) groups is 1. The van der Waals surface area contributed by atoms with Gasteiger partial charge >= 0.3 is 5.97 Å². The summed E-state index contributed by atoms with van der Waals surface area (Å²) in [6, 6.07) is 0.217. The van der Waals surface area contributed by atoms with Crippen LogP contribution in [-0.2, 0) is 4.74 Å². The number of nitrogens with zero attached hydrogens (tertiary/aromatic N) is 3. The number of aryl methyl sites for hydroxylation is 1. The van der Waals surface area contributed by atoms with Crippen molar-refractivity contribution >= 4 is 33.3 Å². The van der Waals surface area contributed by atoms with Gasteiger partial charge in [-0.05, 0) is 19.4 Å². The van der Waals surface area contributed by atoms with Crippen LogP contribution in [0.4, 0.5) is 5.82 Å². The van der Waals surface area contributed by atoms with E-state index in [9.17, 15) is 9.90 Å². The van der Waals surface area contributed by atoms with E-state index in [0.717, 1.165) is 28.1 Å². The highest BCUT2D eigenvalue weighted by Gasteiger charge is 2.25. The van der Waals surface area contributed by atoms with Crippen LogP contribution in [-0.4, -0.2) is 46.8 Å². The number of carboxylic acids is 1. The summed E-state index contributed by atoms with van der Waals surface area (Å²) in [5.41, 5.74) is 0.742. The number of aromatic nitrogens is 2. The van der Waals surface area contributed by atoms with Crippen LogP contribution in [0.15, 0.2) is 6.33 Å². The molecule has 0 aromatic carbocycles. The fourth-order valence-corrected chi connectivity index (χ4v) is 3.50. The summed E-state index contributed by atoms with van der Waals surface area (Å²) in [5.74, 6) is -0.0986. The van der Waals surface area contributed by atoms with Gasteiger partial charge < -0.3 is 14.7 Å². The molecule has 6 nitrogen and oxygen atoms in total. The molecular formula is C13H15N3O3S. The normalized spacial score (nSPS) is 19.5. The molecule has 1 aliphatic heterocycles. The lowest BCUT2D eigenvalue weighted by atomic mass is 10.1. The molecule has 0 aliphatic carbocycles. The van der Waals surface area contributed by atoms with Crippen LogP contribution in [0.2, 0.25) is 0 Å². The number of morpholine rings is 1. The Kier molecular flexibility index (Phi) is 3.31. The van der Waals surface area contributed by atoms with Crippen molar-refractivity contribution in [3.8, 4) is 0 Å². The van der Waals surface area contributed by atoms with Gasteiger partial charge in [-0.3, -0.25) is 0 Å². The predicted octanol–water partition coefficient (Wildman–Crippen LogP) is 1.92. The molecule has 1 N–H and O–H groups in total. The molecule has 0 saturated carbocycles. The monoisotopic (exact) mass is 293 g/mol. The number of ether oxygens (including phenoxy) is 1. The van der Waals surface area contributed by atoms with Crippen molar-refractivity contribution in [2.24, 2.45) is 0 Å². The summed E-state index contributed by atoms with van der Waals surface area (Å²) < 4.78 is 5.44. The fraction of sp³-hybridized carbons (Fsp3) is 0.462. The molecule has 1 unspecified atom stereocenters. The Balaban J connectivity index is 2.18. The Labute approximate surface area is 120 Å². The molecule has 106 valence electrons. The van der Waals surface area contributed by atoms with Crippen LogP contribution >= 0.6 is 11.3 Å². The van der Waals surface area contributed by atoms with E-state index in [1.54, 1.807) is 0 Å². The van der Waals surface area contributed by atoms with E-state index in [1.165, 1.54) is 17.7 Å². The van der Waals surface area contributed by atoms with E-state index in [1.807, 2.05) is 6.92 Å². The van der Waals surface area contributed by atoms with E-state index in [4.69, 9.17) is 4.74 Å². The minimum absolute atomic E-state index is 0.217.